The summed E-state index contributed by atoms with van der Waals surface area (Å²) in [6.07, 6.45) is 2.49. The van der Waals surface area contributed by atoms with Gasteiger partial charge in [0.15, 0.2) is 0 Å². The van der Waals surface area contributed by atoms with Crippen LogP contribution in [0.15, 0.2) is 27.6 Å². The SMILES string of the molecule is CCCC(C)Sc1ccc(N)cc1Br. The van der Waals surface area contributed by atoms with E-state index < -0.39 is 0 Å². The monoisotopic (exact) mass is 273 g/mol. The minimum absolute atomic E-state index is 0.667. The molecule has 14 heavy (non-hydrogen) atoms. The van der Waals surface area contributed by atoms with Crippen LogP contribution in [-0.2, 0) is 0 Å². The maximum Gasteiger partial charge on any atom is 0.0331 e. The van der Waals surface area contributed by atoms with E-state index in [1.54, 1.807) is 0 Å². The highest BCUT2D eigenvalue weighted by Crippen LogP contribution is 2.33. The third kappa shape index (κ3) is 3.54. The van der Waals surface area contributed by atoms with Crippen LogP contribution in [0.1, 0.15) is 26.7 Å². The highest BCUT2D eigenvalue weighted by Gasteiger charge is 2.06. The summed E-state index contributed by atoms with van der Waals surface area (Å²) in [6, 6.07) is 5.99. The van der Waals surface area contributed by atoms with E-state index in [0.29, 0.717) is 5.25 Å². The number of halogens is 1. The van der Waals surface area contributed by atoms with Crippen LogP contribution < -0.4 is 5.73 Å². The van der Waals surface area contributed by atoms with Gasteiger partial charge in [-0.05, 0) is 40.5 Å². The molecule has 0 amide bonds. The van der Waals surface area contributed by atoms with Crippen LogP contribution in [0.4, 0.5) is 5.69 Å². The molecule has 0 bridgehead atoms. The maximum atomic E-state index is 5.68. The normalized spacial score (nSPS) is 12.8. The molecule has 0 saturated heterocycles. The standard InChI is InChI=1S/C11H16BrNS/c1-3-4-8(2)14-11-6-5-9(13)7-10(11)12/h5-8H,3-4,13H2,1-2H3. The summed E-state index contributed by atoms with van der Waals surface area (Å²) in [5.41, 5.74) is 6.49. The van der Waals surface area contributed by atoms with Crippen molar-refractivity contribution in [3.05, 3.63) is 22.7 Å². The maximum absolute atomic E-state index is 5.68. The topological polar surface area (TPSA) is 26.0 Å². The first-order valence-corrected chi connectivity index (χ1v) is 6.52. The summed E-state index contributed by atoms with van der Waals surface area (Å²) in [6.45, 7) is 4.48. The molecule has 2 N–H and O–H groups in total. The summed E-state index contributed by atoms with van der Waals surface area (Å²) >= 11 is 5.43. The zero-order valence-electron chi connectivity index (χ0n) is 8.59. The number of nitrogen functional groups attached to an aromatic ring is 1. The molecule has 0 aliphatic heterocycles. The molecule has 78 valence electrons. The predicted octanol–water partition coefficient (Wildman–Crippen LogP) is 4.31. The summed E-state index contributed by atoms with van der Waals surface area (Å²) in [5, 5.41) is 0.667. The Morgan fingerprint density at radius 2 is 2.21 bits per heavy atom. The molecule has 0 heterocycles. The molecule has 1 nitrogen and oxygen atoms in total. The summed E-state index contributed by atoms with van der Waals surface area (Å²) in [5.74, 6) is 0. The molecular formula is C11H16BrNS. The number of rotatable bonds is 4. The van der Waals surface area contributed by atoms with Gasteiger partial charge in [-0.2, -0.15) is 0 Å². The van der Waals surface area contributed by atoms with Crippen molar-refractivity contribution in [3.63, 3.8) is 0 Å². The Hall–Kier alpha value is -0.150. The van der Waals surface area contributed by atoms with Gasteiger partial charge in [0.2, 0.25) is 0 Å². The summed E-state index contributed by atoms with van der Waals surface area (Å²) in [7, 11) is 0. The Morgan fingerprint density at radius 1 is 1.50 bits per heavy atom. The highest BCUT2D eigenvalue weighted by atomic mass is 79.9. The zero-order valence-corrected chi connectivity index (χ0v) is 11.0. The van der Waals surface area contributed by atoms with Crippen molar-refractivity contribution in [1.82, 2.24) is 0 Å². The molecule has 0 spiro atoms. The highest BCUT2D eigenvalue weighted by molar-refractivity contribution is 9.10. The lowest BCUT2D eigenvalue weighted by Gasteiger charge is -2.11. The minimum Gasteiger partial charge on any atom is -0.399 e. The third-order valence-corrected chi connectivity index (χ3v) is 4.15. The average molecular weight is 274 g/mol. The zero-order chi connectivity index (χ0) is 10.6. The molecule has 1 atom stereocenters. The smallest absolute Gasteiger partial charge is 0.0331 e. The molecule has 0 aromatic heterocycles. The number of benzene rings is 1. The van der Waals surface area contributed by atoms with Crippen molar-refractivity contribution in [2.24, 2.45) is 0 Å². The molecule has 0 aliphatic carbocycles. The Labute approximate surface area is 98.6 Å². The fourth-order valence-corrected chi connectivity index (χ4v) is 3.08. The summed E-state index contributed by atoms with van der Waals surface area (Å²) in [4.78, 5) is 1.28. The Bertz CT molecular complexity index is 301. The first kappa shape index (κ1) is 11.9. The predicted molar refractivity (Wildman–Crippen MR) is 68.8 cm³/mol. The first-order chi connectivity index (χ1) is 6.63. The number of nitrogens with two attached hydrogens (primary N) is 1. The van der Waals surface area contributed by atoms with Crippen LogP contribution in [-0.4, -0.2) is 5.25 Å². The second-order valence-corrected chi connectivity index (χ2v) is 5.74. The van der Waals surface area contributed by atoms with Gasteiger partial charge in [0.25, 0.3) is 0 Å². The van der Waals surface area contributed by atoms with Crippen LogP contribution in [0.3, 0.4) is 0 Å². The van der Waals surface area contributed by atoms with Gasteiger partial charge >= 0.3 is 0 Å². The van der Waals surface area contributed by atoms with Crippen molar-refractivity contribution >= 4 is 33.4 Å². The molecule has 1 aromatic carbocycles. The Kier molecular flexibility index (Phi) is 4.82. The second kappa shape index (κ2) is 5.66. The average Bonchev–Trinajstić information content (AvgIpc) is 2.10. The lowest BCUT2D eigenvalue weighted by atomic mass is 10.3. The molecule has 1 unspecified atom stereocenters. The van der Waals surface area contributed by atoms with E-state index in [2.05, 4.69) is 35.8 Å². The van der Waals surface area contributed by atoms with Gasteiger partial charge in [-0.25, -0.2) is 0 Å². The molecule has 0 aliphatic rings. The van der Waals surface area contributed by atoms with Gasteiger partial charge in [0, 0.05) is 20.3 Å². The quantitative estimate of drug-likeness (QED) is 0.654. The van der Waals surface area contributed by atoms with Crippen molar-refractivity contribution in [2.45, 2.75) is 36.8 Å². The van der Waals surface area contributed by atoms with Crippen LogP contribution in [0.25, 0.3) is 0 Å². The van der Waals surface area contributed by atoms with Gasteiger partial charge in [-0.1, -0.05) is 20.3 Å². The van der Waals surface area contributed by atoms with E-state index in [1.165, 1.54) is 17.7 Å². The molecule has 0 saturated carbocycles. The Morgan fingerprint density at radius 3 is 2.79 bits per heavy atom. The first-order valence-electron chi connectivity index (χ1n) is 4.85. The van der Waals surface area contributed by atoms with E-state index >= 15 is 0 Å². The van der Waals surface area contributed by atoms with Crippen LogP contribution >= 0.6 is 27.7 Å². The van der Waals surface area contributed by atoms with Crippen molar-refractivity contribution < 1.29 is 0 Å². The number of hydrogen-bond donors (Lipinski definition) is 1. The number of anilines is 1. The van der Waals surface area contributed by atoms with E-state index in [0.717, 1.165) is 10.2 Å². The fourth-order valence-electron chi connectivity index (χ4n) is 1.29. The second-order valence-electron chi connectivity index (χ2n) is 3.41. The van der Waals surface area contributed by atoms with Gasteiger partial charge in [-0.15, -0.1) is 11.8 Å². The number of hydrogen-bond acceptors (Lipinski definition) is 2. The molecule has 1 rings (SSSR count). The molecule has 0 radical (unpaired) electrons. The van der Waals surface area contributed by atoms with Crippen molar-refractivity contribution in [3.8, 4) is 0 Å². The van der Waals surface area contributed by atoms with Crippen molar-refractivity contribution in [2.75, 3.05) is 5.73 Å². The largest absolute Gasteiger partial charge is 0.399 e. The third-order valence-electron chi connectivity index (χ3n) is 1.98. The lowest BCUT2D eigenvalue weighted by molar-refractivity contribution is 0.787. The molecule has 0 fully saturated rings. The van der Waals surface area contributed by atoms with Crippen LogP contribution in [0.2, 0.25) is 0 Å². The molecule has 3 heteroatoms. The Balaban J connectivity index is 2.67. The fraction of sp³-hybridized carbons (Fsp3) is 0.455. The lowest BCUT2D eigenvalue weighted by Crippen LogP contribution is -1.95. The van der Waals surface area contributed by atoms with Gasteiger partial charge in [0.1, 0.15) is 0 Å². The van der Waals surface area contributed by atoms with Crippen LogP contribution in [0, 0.1) is 0 Å². The van der Waals surface area contributed by atoms with Crippen molar-refractivity contribution in [1.29, 1.82) is 0 Å². The van der Waals surface area contributed by atoms with Gasteiger partial charge < -0.3 is 5.73 Å². The minimum atomic E-state index is 0.667. The van der Waals surface area contributed by atoms with E-state index in [4.69, 9.17) is 5.73 Å². The van der Waals surface area contributed by atoms with E-state index in [1.807, 2.05) is 23.9 Å². The molecular weight excluding hydrogens is 258 g/mol. The summed E-state index contributed by atoms with van der Waals surface area (Å²) < 4.78 is 1.10. The van der Waals surface area contributed by atoms with E-state index in [9.17, 15) is 0 Å². The van der Waals surface area contributed by atoms with Gasteiger partial charge in [-0.3, -0.25) is 0 Å². The van der Waals surface area contributed by atoms with Gasteiger partial charge in [0.05, 0.1) is 0 Å². The number of thioether (sulfide) groups is 1. The molecule has 1 aromatic rings. The van der Waals surface area contributed by atoms with E-state index in [-0.39, 0.29) is 0 Å². The van der Waals surface area contributed by atoms with Crippen LogP contribution in [0.5, 0.6) is 0 Å².